The van der Waals surface area contributed by atoms with Crippen molar-refractivity contribution >= 4 is 24.3 Å². The molecule has 0 saturated heterocycles. The predicted octanol–water partition coefficient (Wildman–Crippen LogP) is 8.50. The Labute approximate surface area is 365 Å². The van der Waals surface area contributed by atoms with Crippen LogP contribution in [0, 0.1) is 37.1 Å². The number of imidazole rings is 2. The maximum atomic E-state index is 14.6. The van der Waals surface area contributed by atoms with Gasteiger partial charge in [-0.15, -0.1) is 0 Å². The summed E-state index contributed by atoms with van der Waals surface area (Å²) in [5.41, 5.74) is 2.27. The summed E-state index contributed by atoms with van der Waals surface area (Å²) >= 11 is 0. The Balaban J connectivity index is 0.000000162. The second-order valence-corrected chi connectivity index (χ2v) is 15.9. The molecule has 0 saturated carbocycles. The minimum atomic E-state index is -1.33. The molecule has 324 valence electrons. The van der Waals surface area contributed by atoms with Gasteiger partial charge in [-0.05, 0) is 122 Å². The molecular formula is C48H42F4N10O2. The Morgan fingerprint density at radius 2 is 0.953 bits per heavy atom. The fraction of sp³-hybridized carbons (Fsp3) is 0.208. The van der Waals surface area contributed by atoms with Gasteiger partial charge in [0.1, 0.15) is 34.5 Å². The van der Waals surface area contributed by atoms with Gasteiger partial charge in [0, 0.05) is 25.5 Å². The number of aromatic nitrogens is 10. The van der Waals surface area contributed by atoms with Crippen molar-refractivity contribution < 1.29 is 27.8 Å². The third-order valence-electron chi connectivity index (χ3n) is 11.3. The molecule has 0 aliphatic carbocycles. The molecule has 12 nitrogen and oxygen atoms in total. The van der Waals surface area contributed by atoms with Gasteiger partial charge in [0.15, 0.2) is 23.3 Å². The molecule has 0 fully saturated rings. The number of benzene rings is 4. The van der Waals surface area contributed by atoms with Crippen molar-refractivity contribution in [3.05, 3.63) is 190 Å². The van der Waals surface area contributed by atoms with E-state index in [9.17, 15) is 27.8 Å². The zero-order chi connectivity index (χ0) is 44.6. The number of rotatable bonds is 8. The van der Waals surface area contributed by atoms with E-state index < -0.39 is 11.2 Å². The second kappa shape index (κ2) is 17.1. The van der Waals surface area contributed by atoms with Crippen LogP contribution >= 0.6 is 0 Å². The summed E-state index contributed by atoms with van der Waals surface area (Å²) in [5.74, 6) is 0.215. The van der Waals surface area contributed by atoms with Gasteiger partial charge in [-0.25, -0.2) is 46.9 Å². The number of hydrogen-bond donors (Lipinski definition) is 2. The average Bonchev–Trinajstić information content (AvgIpc) is 4.11. The molecule has 10 rings (SSSR count). The van der Waals surface area contributed by atoms with Crippen molar-refractivity contribution in [2.75, 3.05) is 0 Å². The van der Waals surface area contributed by atoms with Crippen LogP contribution in [0.15, 0.2) is 110 Å². The quantitative estimate of drug-likeness (QED) is 0.145. The van der Waals surface area contributed by atoms with Crippen molar-refractivity contribution in [3.8, 4) is 11.4 Å². The molecule has 4 aromatic carbocycles. The van der Waals surface area contributed by atoms with Gasteiger partial charge in [0.05, 0.1) is 35.4 Å². The minimum Gasteiger partial charge on any atom is -0.377 e. The Kier molecular flexibility index (Phi) is 11.2. The van der Waals surface area contributed by atoms with Gasteiger partial charge in [-0.2, -0.15) is 10.2 Å². The van der Waals surface area contributed by atoms with Crippen LogP contribution in [0.3, 0.4) is 0 Å². The predicted molar refractivity (Wildman–Crippen MR) is 232 cm³/mol. The van der Waals surface area contributed by atoms with E-state index in [1.54, 1.807) is 116 Å². The molecule has 2 aliphatic heterocycles. The summed E-state index contributed by atoms with van der Waals surface area (Å²) in [6.07, 6.45) is 15.9. The first-order valence-electron chi connectivity index (χ1n) is 20.7. The molecule has 0 spiro atoms. The zero-order valence-corrected chi connectivity index (χ0v) is 34.8. The molecule has 0 amide bonds. The van der Waals surface area contributed by atoms with Crippen molar-refractivity contribution in [1.82, 2.24) is 48.6 Å². The van der Waals surface area contributed by atoms with Crippen molar-refractivity contribution in [2.24, 2.45) is 0 Å². The Bertz CT molecular complexity index is 2820. The standard InChI is InChI=1S/2C24H21F2N5O/c2*1-16-14-30(15-27-16)21-9-3-17(13-20(21)26)4-10-22-28-23-24(32,11-2-12-31(23)29-22)18-5-7-19(25)8-6-18/h2*3-10,13-15,32H,2,11-12H2,1H3/b2*10-4+/t2*24-/m10/s1. The van der Waals surface area contributed by atoms with Gasteiger partial charge in [0.25, 0.3) is 0 Å². The molecule has 2 aliphatic rings. The van der Waals surface area contributed by atoms with E-state index in [0.717, 1.165) is 11.4 Å². The highest BCUT2D eigenvalue weighted by molar-refractivity contribution is 5.68. The normalized spacial score (nSPS) is 18.2. The van der Waals surface area contributed by atoms with E-state index >= 15 is 0 Å². The molecule has 4 aromatic heterocycles. The van der Waals surface area contributed by atoms with Crippen LogP contribution in [0.2, 0.25) is 0 Å². The van der Waals surface area contributed by atoms with Crippen LogP contribution in [0.25, 0.3) is 35.7 Å². The van der Waals surface area contributed by atoms with Gasteiger partial charge in [0.2, 0.25) is 0 Å². The number of hydrogen-bond acceptors (Lipinski definition) is 8. The van der Waals surface area contributed by atoms with Crippen LogP contribution < -0.4 is 0 Å². The molecule has 64 heavy (non-hydrogen) atoms. The first kappa shape index (κ1) is 42.0. The van der Waals surface area contributed by atoms with Gasteiger partial charge < -0.3 is 19.3 Å². The summed E-state index contributed by atoms with van der Waals surface area (Å²) in [6.45, 7) is 4.96. The third-order valence-corrected chi connectivity index (χ3v) is 11.3. The summed E-state index contributed by atoms with van der Waals surface area (Å²) in [5, 5.41) is 31.6. The average molecular weight is 867 g/mol. The Hall–Kier alpha value is -7.30. The third kappa shape index (κ3) is 8.44. The van der Waals surface area contributed by atoms with Gasteiger partial charge in [-0.3, -0.25) is 0 Å². The summed E-state index contributed by atoms with van der Waals surface area (Å²) in [6, 6.07) is 21.4. The first-order chi connectivity index (χ1) is 30.8. The van der Waals surface area contributed by atoms with E-state index in [2.05, 4.69) is 30.1 Å². The van der Waals surface area contributed by atoms with Gasteiger partial charge in [-0.1, -0.05) is 48.6 Å². The van der Waals surface area contributed by atoms with Crippen molar-refractivity contribution in [3.63, 3.8) is 0 Å². The second-order valence-electron chi connectivity index (χ2n) is 15.9. The molecule has 0 radical (unpaired) electrons. The lowest BCUT2D eigenvalue weighted by atomic mass is 9.86. The lowest BCUT2D eigenvalue weighted by Gasteiger charge is -2.31. The number of aryl methyl sites for hydroxylation is 4. The number of nitrogens with zero attached hydrogens (tertiary/aromatic N) is 10. The van der Waals surface area contributed by atoms with Crippen molar-refractivity contribution in [1.29, 1.82) is 0 Å². The van der Waals surface area contributed by atoms with E-state index in [4.69, 9.17) is 0 Å². The monoisotopic (exact) mass is 866 g/mol. The topological polar surface area (TPSA) is 138 Å². The molecule has 16 heteroatoms. The largest absolute Gasteiger partial charge is 0.377 e. The van der Waals surface area contributed by atoms with Gasteiger partial charge >= 0.3 is 0 Å². The highest BCUT2D eigenvalue weighted by atomic mass is 19.1. The van der Waals surface area contributed by atoms with E-state index in [1.807, 2.05) is 13.8 Å². The minimum absolute atomic E-state index is 0.361. The van der Waals surface area contributed by atoms with Crippen LogP contribution in [0.1, 0.15) is 82.6 Å². The number of aliphatic hydroxyl groups is 2. The van der Waals surface area contributed by atoms with Crippen LogP contribution in [-0.2, 0) is 24.3 Å². The number of halogens is 4. The molecule has 2 N–H and O–H groups in total. The molecule has 2 atom stereocenters. The Morgan fingerprint density at radius 1 is 0.547 bits per heavy atom. The molecule has 0 bridgehead atoms. The summed E-state index contributed by atoms with van der Waals surface area (Å²) in [4.78, 5) is 17.3. The van der Waals surface area contributed by atoms with Crippen LogP contribution in [0.4, 0.5) is 17.6 Å². The first-order valence-corrected chi connectivity index (χ1v) is 20.7. The zero-order valence-electron chi connectivity index (χ0n) is 34.8. The highest BCUT2D eigenvalue weighted by Crippen LogP contribution is 2.38. The number of fused-ring (bicyclic) bond motifs is 2. The van der Waals surface area contributed by atoms with E-state index in [1.165, 1.54) is 36.4 Å². The smallest absolute Gasteiger partial charge is 0.174 e. The molecule has 0 unspecified atom stereocenters. The highest BCUT2D eigenvalue weighted by Gasteiger charge is 2.40. The lowest BCUT2D eigenvalue weighted by Crippen LogP contribution is -2.35. The maximum absolute atomic E-state index is 14.6. The van der Waals surface area contributed by atoms with Crippen LogP contribution in [-0.4, -0.2) is 58.8 Å². The SMILES string of the molecule is Cc1cn(-c2ccc(/C=C/c3nc4n(n3)CCC[C@@]4(O)c3ccc(F)cc3)cc2F)cn1.Cc1cn(-c2ccc(/C=C/c3nc4n(n3)CCC[C@]4(O)c3ccc(F)cc3)cc2F)cn1. The van der Waals surface area contributed by atoms with E-state index in [0.29, 0.717) is 95.7 Å². The van der Waals surface area contributed by atoms with Crippen molar-refractivity contribution in [2.45, 2.75) is 63.8 Å². The van der Waals surface area contributed by atoms with Crippen LogP contribution in [0.5, 0.6) is 0 Å². The summed E-state index contributed by atoms with van der Waals surface area (Å²) < 4.78 is 62.5. The fourth-order valence-corrected chi connectivity index (χ4v) is 8.10. The molecule has 8 aromatic rings. The molecular weight excluding hydrogens is 825 g/mol. The van der Waals surface area contributed by atoms with E-state index in [-0.39, 0.29) is 23.3 Å². The fourth-order valence-electron chi connectivity index (χ4n) is 8.10. The lowest BCUT2D eigenvalue weighted by molar-refractivity contribution is 0.0392. The summed E-state index contributed by atoms with van der Waals surface area (Å²) in [7, 11) is 0. The molecule has 6 heterocycles. The Morgan fingerprint density at radius 3 is 1.31 bits per heavy atom. The maximum Gasteiger partial charge on any atom is 0.174 e.